The number of hydrogen-bond acceptors (Lipinski definition) is 6. The number of nitrogens with zero attached hydrogens (tertiary/aromatic N) is 4. The third-order valence-electron chi connectivity index (χ3n) is 3.45. The molecule has 24 heavy (non-hydrogen) atoms. The number of carbonyl (C=O) groups excluding carboxylic acids is 1. The molecular formula is C16H17N5O2S. The highest BCUT2D eigenvalue weighted by atomic mass is 32.2. The van der Waals surface area contributed by atoms with E-state index in [-0.39, 0.29) is 11.7 Å². The van der Waals surface area contributed by atoms with E-state index in [1.807, 2.05) is 42.8 Å². The fourth-order valence-electron chi connectivity index (χ4n) is 2.23. The standard InChI is InChI=1S/C16H17N5O2S/c1-10-6-4-5-7-12(10)15-18-19-16(21(15)3)24-9-14(22)17-13-8-11(2)23-20-13/h4-8H,9H2,1-3H3,(H,17,20,22). The number of aromatic nitrogens is 4. The average molecular weight is 343 g/mol. The van der Waals surface area contributed by atoms with E-state index in [4.69, 9.17) is 4.52 Å². The second kappa shape index (κ2) is 6.88. The minimum Gasteiger partial charge on any atom is -0.360 e. The van der Waals surface area contributed by atoms with Crippen molar-refractivity contribution in [1.82, 2.24) is 19.9 Å². The van der Waals surface area contributed by atoms with Crippen LogP contribution in [0.25, 0.3) is 11.4 Å². The van der Waals surface area contributed by atoms with E-state index in [0.717, 1.165) is 17.0 Å². The Balaban J connectivity index is 1.66. The molecule has 3 rings (SSSR count). The number of aryl methyl sites for hydroxylation is 2. The molecule has 2 heterocycles. The first-order chi connectivity index (χ1) is 11.5. The Morgan fingerprint density at radius 1 is 1.29 bits per heavy atom. The van der Waals surface area contributed by atoms with Gasteiger partial charge in [-0.25, -0.2) is 0 Å². The van der Waals surface area contributed by atoms with Crippen molar-refractivity contribution < 1.29 is 9.32 Å². The van der Waals surface area contributed by atoms with Crippen molar-refractivity contribution in [3.63, 3.8) is 0 Å². The molecule has 0 fully saturated rings. The van der Waals surface area contributed by atoms with Gasteiger partial charge in [-0.2, -0.15) is 0 Å². The molecule has 0 atom stereocenters. The number of hydrogen-bond donors (Lipinski definition) is 1. The molecule has 0 saturated heterocycles. The molecule has 0 aliphatic rings. The molecule has 0 aliphatic heterocycles. The lowest BCUT2D eigenvalue weighted by Gasteiger charge is -2.06. The summed E-state index contributed by atoms with van der Waals surface area (Å²) in [4.78, 5) is 12.0. The van der Waals surface area contributed by atoms with Crippen molar-refractivity contribution in [2.24, 2.45) is 7.05 Å². The van der Waals surface area contributed by atoms with Gasteiger partial charge >= 0.3 is 0 Å². The van der Waals surface area contributed by atoms with Crippen LogP contribution in [0, 0.1) is 13.8 Å². The summed E-state index contributed by atoms with van der Waals surface area (Å²) in [6, 6.07) is 9.66. The average Bonchev–Trinajstić information content (AvgIpc) is 3.12. The third-order valence-corrected chi connectivity index (χ3v) is 4.47. The Kier molecular flexibility index (Phi) is 4.66. The van der Waals surface area contributed by atoms with Crippen LogP contribution in [0.3, 0.4) is 0 Å². The number of anilines is 1. The normalized spacial score (nSPS) is 10.8. The van der Waals surface area contributed by atoms with Crippen molar-refractivity contribution in [3.05, 3.63) is 41.7 Å². The first kappa shape index (κ1) is 16.3. The van der Waals surface area contributed by atoms with Gasteiger partial charge in [0, 0.05) is 18.7 Å². The van der Waals surface area contributed by atoms with Gasteiger partial charge in [0.2, 0.25) is 5.91 Å². The van der Waals surface area contributed by atoms with Gasteiger partial charge < -0.3 is 14.4 Å². The number of rotatable bonds is 5. The van der Waals surface area contributed by atoms with Gasteiger partial charge in [-0.1, -0.05) is 41.2 Å². The van der Waals surface area contributed by atoms with Gasteiger partial charge in [0.15, 0.2) is 16.8 Å². The highest BCUT2D eigenvalue weighted by Gasteiger charge is 2.14. The molecule has 0 aliphatic carbocycles. The van der Waals surface area contributed by atoms with Crippen LogP contribution in [0.2, 0.25) is 0 Å². The molecule has 1 N–H and O–H groups in total. The smallest absolute Gasteiger partial charge is 0.236 e. The Hall–Kier alpha value is -2.61. The maximum absolute atomic E-state index is 12.0. The largest absolute Gasteiger partial charge is 0.360 e. The first-order valence-electron chi connectivity index (χ1n) is 7.36. The third kappa shape index (κ3) is 3.48. The summed E-state index contributed by atoms with van der Waals surface area (Å²) in [5.41, 5.74) is 2.16. The molecule has 0 bridgehead atoms. The summed E-state index contributed by atoms with van der Waals surface area (Å²) in [5.74, 6) is 1.88. The zero-order chi connectivity index (χ0) is 17.1. The monoisotopic (exact) mass is 343 g/mol. The highest BCUT2D eigenvalue weighted by molar-refractivity contribution is 7.99. The lowest BCUT2D eigenvalue weighted by molar-refractivity contribution is -0.113. The van der Waals surface area contributed by atoms with Crippen LogP contribution in [-0.4, -0.2) is 31.6 Å². The molecule has 8 heteroatoms. The van der Waals surface area contributed by atoms with Crippen LogP contribution in [-0.2, 0) is 11.8 Å². The van der Waals surface area contributed by atoms with Crippen molar-refractivity contribution in [2.45, 2.75) is 19.0 Å². The summed E-state index contributed by atoms with van der Waals surface area (Å²) in [6.07, 6.45) is 0. The maximum atomic E-state index is 12.0. The number of benzene rings is 1. The van der Waals surface area contributed by atoms with Gasteiger partial charge in [-0.15, -0.1) is 10.2 Å². The number of carbonyl (C=O) groups is 1. The molecular weight excluding hydrogens is 326 g/mol. The lowest BCUT2D eigenvalue weighted by atomic mass is 10.1. The molecule has 0 unspecified atom stereocenters. The number of thioether (sulfide) groups is 1. The zero-order valence-corrected chi connectivity index (χ0v) is 14.4. The molecule has 1 aromatic carbocycles. The second-order valence-electron chi connectivity index (χ2n) is 5.34. The van der Waals surface area contributed by atoms with E-state index in [1.165, 1.54) is 11.8 Å². The Labute approximate surface area is 143 Å². The Morgan fingerprint density at radius 3 is 2.79 bits per heavy atom. The molecule has 3 aromatic rings. The second-order valence-corrected chi connectivity index (χ2v) is 6.28. The van der Waals surface area contributed by atoms with E-state index in [9.17, 15) is 4.79 Å². The minimum absolute atomic E-state index is 0.172. The maximum Gasteiger partial charge on any atom is 0.236 e. The number of nitrogens with one attached hydrogen (secondary N) is 1. The van der Waals surface area contributed by atoms with Gasteiger partial charge in [0.25, 0.3) is 0 Å². The summed E-state index contributed by atoms with van der Waals surface area (Å²) in [5, 5.41) is 15.5. The highest BCUT2D eigenvalue weighted by Crippen LogP contribution is 2.25. The van der Waals surface area contributed by atoms with Gasteiger partial charge in [-0.3, -0.25) is 4.79 Å². The molecule has 124 valence electrons. The quantitative estimate of drug-likeness (QED) is 0.717. The molecule has 0 spiro atoms. The van der Waals surface area contributed by atoms with E-state index in [2.05, 4.69) is 20.7 Å². The van der Waals surface area contributed by atoms with Crippen LogP contribution < -0.4 is 5.32 Å². The van der Waals surface area contributed by atoms with Gasteiger partial charge in [-0.05, 0) is 19.4 Å². The van der Waals surface area contributed by atoms with Crippen LogP contribution in [0.15, 0.2) is 40.0 Å². The van der Waals surface area contributed by atoms with E-state index >= 15 is 0 Å². The molecule has 7 nitrogen and oxygen atoms in total. The zero-order valence-electron chi connectivity index (χ0n) is 13.6. The molecule has 0 saturated carbocycles. The van der Waals surface area contributed by atoms with Crippen LogP contribution in [0.5, 0.6) is 0 Å². The van der Waals surface area contributed by atoms with Crippen molar-refractivity contribution >= 4 is 23.5 Å². The Bertz CT molecular complexity index is 871. The number of amides is 1. The van der Waals surface area contributed by atoms with Crippen molar-refractivity contribution in [1.29, 1.82) is 0 Å². The van der Waals surface area contributed by atoms with Crippen LogP contribution in [0.4, 0.5) is 5.82 Å². The van der Waals surface area contributed by atoms with E-state index in [1.54, 1.807) is 13.0 Å². The molecule has 1 amide bonds. The fourth-order valence-corrected chi connectivity index (χ4v) is 2.94. The van der Waals surface area contributed by atoms with Gasteiger partial charge in [0.1, 0.15) is 5.76 Å². The molecule has 2 aromatic heterocycles. The summed E-state index contributed by atoms with van der Waals surface area (Å²) >= 11 is 1.32. The Morgan fingerprint density at radius 2 is 2.08 bits per heavy atom. The summed E-state index contributed by atoms with van der Waals surface area (Å²) in [6.45, 7) is 3.80. The molecule has 0 radical (unpaired) electrons. The minimum atomic E-state index is -0.172. The first-order valence-corrected chi connectivity index (χ1v) is 8.34. The van der Waals surface area contributed by atoms with Crippen molar-refractivity contribution in [3.8, 4) is 11.4 Å². The predicted molar refractivity (Wildman–Crippen MR) is 91.8 cm³/mol. The lowest BCUT2D eigenvalue weighted by Crippen LogP contribution is -2.14. The SMILES string of the molecule is Cc1cc(NC(=O)CSc2nnc(-c3ccccc3C)n2C)no1. The van der Waals surface area contributed by atoms with Crippen molar-refractivity contribution in [2.75, 3.05) is 11.1 Å². The van der Waals surface area contributed by atoms with E-state index in [0.29, 0.717) is 16.7 Å². The summed E-state index contributed by atoms with van der Waals surface area (Å²) < 4.78 is 6.80. The van der Waals surface area contributed by atoms with Crippen LogP contribution >= 0.6 is 11.8 Å². The van der Waals surface area contributed by atoms with E-state index < -0.39 is 0 Å². The van der Waals surface area contributed by atoms with Gasteiger partial charge in [0.05, 0.1) is 5.75 Å². The topological polar surface area (TPSA) is 85.8 Å². The predicted octanol–water partition coefficient (Wildman–Crippen LogP) is 2.82. The fraction of sp³-hybridized carbons (Fsp3) is 0.250. The van der Waals surface area contributed by atoms with Crippen LogP contribution in [0.1, 0.15) is 11.3 Å². The summed E-state index contributed by atoms with van der Waals surface area (Å²) in [7, 11) is 1.89.